The highest BCUT2D eigenvalue weighted by Crippen LogP contribution is 2.28. The van der Waals surface area contributed by atoms with Gasteiger partial charge in [0, 0.05) is 132 Å². The van der Waals surface area contributed by atoms with Crippen LogP contribution in [0.2, 0.25) is 21.0 Å². The van der Waals surface area contributed by atoms with Crippen LogP contribution in [0.25, 0.3) is 11.0 Å². The Morgan fingerprint density at radius 3 is 1.37 bits per heavy atom. The lowest BCUT2D eigenvalue weighted by molar-refractivity contribution is -0.129. The Bertz CT molecular complexity index is 5100. The number of hydrogen-bond acceptors (Lipinski definition) is 35. The number of aromatic carboxylic acids is 1. The summed E-state index contributed by atoms with van der Waals surface area (Å²) in [5.41, 5.74) is 22.4. The lowest BCUT2D eigenvalue weighted by Crippen LogP contribution is -2.48. The predicted octanol–water partition coefficient (Wildman–Crippen LogP) is 8.91. The quantitative estimate of drug-likeness (QED) is 0.0128. The number of carboxylic acid groups (broad SMARTS) is 1. The molecule has 5 amide bonds. The molecule has 38 nitrogen and oxygen atoms in total. The maximum absolute atomic E-state index is 11.6. The molecule has 46 heteroatoms. The van der Waals surface area contributed by atoms with Crippen LogP contribution < -0.4 is 47.8 Å². The third-order valence-corrected chi connectivity index (χ3v) is 19.4. The molecule has 1 atom stereocenters. The molecule has 2 aliphatic rings. The molecule has 12 rings (SSSR count). The lowest BCUT2D eigenvalue weighted by atomic mass is 10.2. The summed E-state index contributed by atoms with van der Waals surface area (Å²) < 4.78 is 9.54. The number of halogens is 4. The molecule has 7 aromatic heterocycles. The lowest BCUT2D eigenvalue weighted by Gasteiger charge is -2.35. The van der Waals surface area contributed by atoms with Crippen LogP contribution in [-0.4, -0.2) is 246 Å². The van der Waals surface area contributed by atoms with Crippen LogP contribution in [0.1, 0.15) is 96.8 Å². The molecule has 0 radical (unpaired) electrons. The van der Waals surface area contributed by atoms with Crippen LogP contribution in [0.5, 0.6) is 6.01 Å². The fourth-order valence-electron chi connectivity index (χ4n) is 9.99. The summed E-state index contributed by atoms with van der Waals surface area (Å²) >= 11 is 27.3. The van der Waals surface area contributed by atoms with Gasteiger partial charge in [0.25, 0.3) is 17.7 Å². The summed E-state index contributed by atoms with van der Waals surface area (Å²) in [6, 6.07) is 22.9. The van der Waals surface area contributed by atoms with E-state index >= 15 is 0 Å². The third-order valence-electron chi connectivity index (χ3n) is 15.8. The number of rotatable bonds is 23. The number of anilines is 7. The van der Waals surface area contributed by atoms with Crippen LogP contribution in [0.4, 0.5) is 40.5 Å². The molecule has 2 fully saturated rings. The topological polar surface area (TPSA) is 517 Å². The number of aromatic nitrogens is 15. The number of carbonyl (C=O) groups is 8. The minimum atomic E-state index is -1.05. The van der Waals surface area contributed by atoms with E-state index < -0.39 is 35.6 Å². The fourth-order valence-corrected chi connectivity index (χ4v) is 12.9. The molecule has 0 saturated carbocycles. The summed E-state index contributed by atoms with van der Waals surface area (Å²) in [6.45, 7) is 15.0. The molecule has 0 bridgehead atoms. The van der Waals surface area contributed by atoms with Gasteiger partial charge < -0.3 is 77.3 Å². The van der Waals surface area contributed by atoms with E-state index in [0.717, 1.165) is 75.1 Å². The van der Waals surface area contributed by atoms with E-state index in [0.29, 0.717) is 60.8 Å². The van der Waals surface area contributed by atoms with E-state index in [1.54, 1.807) is 53.4 Å². The second kappa shape index (κ2) is 46.4. The zero-order chi connectivity index (χ0) is 85.4. The SMILES string of the molecule is CC(=O)N1CCN(c2ccc(Nc3ncc(C(N)=O)c(N[C@@H](C)CO)n3)cc2)CC1.CCOC(=O)c1cnc(Cl)nc1Cl.CCOC(=O)c1cnc(Cl)nc1SC.CSc1nc(Cl)ncc1C(=O)O.CSc1nc(Nc2ccc(N3CCN(C(C)=O)CC3)cc2)ncc1C(N)=O.CSc1nc(On2nnc3ccccc32)ncc1C(N)=O. The van der Waals surface area contributed by atoms with Crippen molar-refractivity contribution < 1.29 is 62.9 Å². The third kappa shape index (κ3) is 27.9. The second-order valence-corrected chi connectivity index (χ2v) is 28.1. The van der Waals surface area contributed by atoms with Gasteiger partial charge in [-0.25, -0.2) is 64.2 Å². The summed E-state index contributed by atoms with van der Waals surface area (Å²) in [5.74, 6) is -2.58. The Balaban J connectivity index is 0.000000201. The zero-order valence-corrected chi connectivity index (χ0v) is 70.3. The number of esters is 2. The van der Waals surface area contributed by atoms with Gasteiger partial charge in [0.05, 0.1) is 36.5 Å². The van der Waals surface area contributed by atoms with E-state index in [-0.39, 0.29) is 86.2 Å². The largest absolute Gasteiger partial charge is 0.478 e. The van der Waals surface area contributed by atoms with Crippen LogP contribution in [-0.2, 0) is 19.1 Å². The van der Waals surface area contributed by atoms with E-state index in [2.05, 4.69) is 95.9 Å². The van der Waals surface area contributed by atoms with Crippen molar-refractivity contribution in [2.75, 3.05) is 123 Å². The first-order valence-corrected chi connectivity index (χ1v) is 41.0. The number of fused-ring (bicyclic) bond motifs is 1. The Kier molecular flexibility index (Phi) is 36.8. The molecule has 2 aliphatic heterocycles. The summed E-state index contributed by atoms with van der Waals surface area (Å²) in [4.78, 5) is 152. The number of aliphatic hydroxyl groups is 1. The monoisotopic (exact) mass is 1760 g/mol. The molecule has 0 unspecified atom stereocenters. The summed E-state index contributed by atoms with van der Waals surface area (Å²) in [7, 11) is 0. The van der Waals surface area contributed by atoms with Crippen molar-refractivity contribution in [3.63, 3.8) is 0 Å². The number of piperazine rings is 2. The van der Waals surface area contributed by atoms with Crippen molar-refractivity contribution in [2.24, 2.45) is 17.2 Å². The Labute approximate surface area is 706 Å². The normalized spacial score (nSPS) is 12.3. The molecular weight excluding hydrogens is 1680 g/mol. The highest BCUT2D eigenvalue weighted by molar-refractivity contribution is 7.99. The van der Waals surface area contributed by atoms with Crippen molar-refractivity contribution in [1.82, 2.24) is 84.8 Å². The van der Waals surface area contributed by atoms with Gasteiger partial charge in [0.1, 0.15) is 58.8 Å². The molecular formula is C71H79Cl4N25O13S4. The highest BCUT2D eigenvalue weighted by atomic mass is 35.5. The van der Waals surface area contributed by atoms with Gasteiger partial charge in [0.15, 0.2) is 0 Å². The van der Waals surface area contributed by atoms with Gasteiger partial charge in [0.2, 0.25) is 39.6 Å². The molecule has 618 valence electrons. The first-order valence-electron chi connectivity index (χ1n) is 34.6. The number of amides is 5. The van der Waals surface area contributed by atoms with Crippen LogP contribution >= 0.6 is 93.5 Å². The second-order valence-electron chi connectivity index (χ2n) is 23.6. The Morgan fingerprint density at radius 2 is 0.915 bits per heavy atom. The minimum absolute atomic E-state index is 0.00144. The fraction of sp³-hybridized carbons (Fsp3) is 0.296. The summed E-state index contributed by atoms with van der Waals surface area (Å²) in [5, 5.41) is 37.0. The Morgan fingerprint density at radius 1 is 0.504 bits per heavy atom. The number of nitrogens with two attached hydrogens (primary N) is 3. The van der Waals surface area contributed by atoms with E-state index in [1.807, 2.05) is 88.9 Å². The maximum Gasteiger partial charge on any atom is 0.346 e. The van der Waals surface area contributed by atoms with Crippen LogP contribution in [0.3, 0.4) is 0 Å². The number of carboxylic acids is 1. The molecule has 3 aromatic carbocycles. The number of aliphatic hydroxyl groups excluding tert-OH is 1. The molecule has 117 heavy (non-hydrogen) atoms. The molecule has 10 aromatic rings. The number of carbonyl (C=O) groups excluding carboxylic acids is 7. The first-order chi connectivity index (χ1) is 56.0. The van der Waals surface area contributed by atoms with Gasteiger partial charge >= 0.3 is 23.9 Å². The molecule has 0 aliphatic carbocycles. The number of para-hydroxylation sites is 1. The van der Waals surface area contributed by atoms with Crippen LogP contribution in [0, 0.1) is 0 Å². The number of nitrogens with one attached hydrogen (secondary N) is 3. The number of nitrogens with zero attached hydrogens (tertiary/aromatic N) is 19. The summed E-state index contributed by atoms with van der Waals surface area (Å²) in [6.07, 6.45) is 15.1. The standard InChI is InChI=1S/C20H27N7O3.C18H22N6O2S.C12H10N6O2S.C8H9ClN2O2S.C7H6Cl2N2O2.C6H5ClN2O2S/c1-13(12-28)23-19-17(18(21)30)11-22-20(25-19)24-15-3-5-16(6-4-15)27-9-7-26(8-10-27)14(2)29;1-12(25)23-7-9-24(10-8-23)14-5-3-13(4-6-14)21-18-20-11-15(16(19)26)17(22-18)27-2;1-21-11-7(10(13)19)6-14-12(15-11)20-18-9-5-3-2-4-8(9)16-17-18;1-3-13-7(12)5-4-10-8(9)11-6(5)14-2;1-2-13-6(12)4-3-10-7(9)11-5(4)8;1-12-4-3(5(10)11)2-8-6(7)9-4/h3-6,11,13,28H,7-10,12H2,1-2H3,(H2,21,30)(H2,22,23,24,25);3-6,11H,7-10H2,1-2H3,(H2,19,26)(H,20,21,22);2-6H,1H3,(H2,13,19);4H,3H2,1-2H3;3H,2H2,1H3;2H,1H3,(H,10,11)/t13-;;;;;/m0...../s1. The highest BCUT2D eigenvalue weighted by Gasteiger charge is 2.24. The molecule has 2 saturated heterocycles. The van der Waals surface area contributed by atoms with Gasteiger partial charge in [-0.15, -0.1) is 52.1 Å². The van der Waals surface area contributed by atoms with Gasteiger partial charge in [-0.2, -0.15) is 9.97 Å². The number of primary amides is 3. The molecule has 11 N–H and O–H groups in total. The Hall–Kier alpha value is -11.4. The average Bonchev–Trinajstić information content (AvgIpc) is 1.67. The number of benzene rings is 3. The van der Waals surface area contributed by atoms with Crippen molar-refractivity contribution in [1.29, 1.82) is 0 Å². The zero-order valence-electron chi connectivity index (χ0n) is 64.0. The number of hydrogen-bond donors (Lipinski definition) is 8. The minimum Gasteiger partial charge on any atom is -0.478 e. The van der Waals surface area contributed by atoms with Crippen molar-refractivity contribution in [3.8, 4) is 6.01 Å². The van der Waals surface area contributed by atoms with Crippen molar-refractivity contribution in [3.05, 3.63) is 164 Å². The van der Waals surface area contributed by atoms with Crippen molar-refractivity contribution in [2.45, 2.75) is 60.8 Å². The van der Waals surface area contributed by atoms with E-state index in [1.165, 1.54) is 89.1 Å². The van der Waals surface area contributed by atoms with E-state index in [4.69, 9.17) is 83.0 Å². The van der Waals surface area contributed by atoms with Gasteiger partial charge in [-0.1, -0.05) is 28.6 Å². The first kappa shape index (κ1) is 92.8. The average molecular weight is 1760 g/mol. The maximum atomic E-state index is 11.6. The predicted molar refractivity (Wildman–Crippen MR) is 446 cm³/mol. The van der Waals surface area contributed by atoms with Gasteiger partial charge in [-0.05, 0) is 146 Å². The van der Waals surface area contributed by atoms with Crippen molar-refractivity contribution >= 4 is 192 Å². The van der Waals surface area contributed by atoms with E-state index in [9.17, 15) is 43.5 Å². The molecule has 0 spiro atoms. The smallest absolute Gasteiger partial charge is 0.346 e. The number of ether oxygens (including phenoxy) is 2. The molecule has 9 heterocycles. The van der Waals surface area contributed by atoms with Gasteiger partial charge in [-0.3, -0.25) is 24.0 Å². The number of thioether (sulfide) groups is 4. The van der Waals surface area contributed by atoms with Crippen LogP contribution in [0.15, 0.2) is 130 Å².